The Balaban J connectivity index is 1.76. The molecule has 112 valence electrons. The third-order valence-corrected chi connectivity index (χ3v) is 3.71. The lowest BCUT2D eigenvalue weighted by molar-refractivity contribution is -0.405. The predicted molar refractivity (Wildman–Crippen MR) is 73.3 cm³/mol. The molecule has 0 N–H and O–H groups in total. The van der Waals surface area contributed by atoms with Crippen LogP contribution < -0.4 is 4.89 Å². The maximum absolute atomic E-state index is 12.4. The first kappa shape index (κ1) is 15.5. The third kappa shape index (κ3) is 5.26. The van der Waals surface area contributed by atoms with Gasteiger partial charge in [0.05, 0.1) is 0 Å². The normalized spacial score (nSPS) is 17.1. The van der Waals surface area contributed by atoms with E-state index in [1.165, 1.54) is 37.7 Å². The van der Waals surface area contributed by atoms with E-state index in [9.17, 15) is 8.78 Å². The smallest absolute Gasteiger partial charge is 0.307 e. The van der Waals surface area contributed by atoms with Crippen molar-refractivity contribution < 1.29 is 23.0 Å². The number of benzene rings is 1. The summed E-state index contributed by atoms with van der Waals surface area (Å²) in [5.74, 6) is 1.04. The second-order valence-corrected chi connectivity index (χ2v) is 6.03. The Kier molecular flexibility index (Phi) is 5.63. The summed E-state index contributed by atoms with van der Waals surface area (Å²) in [6.45, 7) is 0.708. The summed E-state index contributed by atoms with van der Waals surface area (Å²) in [6.07, 6.45) is 6.33. The Hall–Kier alpha value is -0.850. The van der Waals surface area contributed by atoms with Gasteiger partial charge in [-0.25, -0.2) is 0 Å². The molecule has 6 heteroatoms. The predicted octanol–water partition coefficient (Wildman–Crippen LogP) is 5.24. The average molecular weight is 304 g/mol. The van der Waals surface area contributed by atoms with Crippen LogP contribution in [0.3, 0.4) is 0 Å². The van der Waals surface area contributed by atoms with Gasteiger partial charge in [0.2, 0.25) is 0 Å². The standard InChI is InChI=1S/C14H18F2O3S/c1-14(15,16)20-19-18-17-13-9-7-12(8-10-13)11-5-3-2-4-6-11/h7-11H,2-6H2,1H3. The maximum atomic E-state index is 12.4. The molecule has 1 fully saturated rings. The van der Waals surface area contributed by atoms with Gasteiger partial charge in [0.15, 0.2) is 5.75 Å². The van der Waals surface area contributed by atoms with Crippen molar-refractivity contribution in [2.24, 2.45) is 0 Å². The lowest BCUT2D eigenvalue weighted by Crippen LogP contribution is -2.06. The van der Waals surface area contributed by atoms with E-state index in [2.05, 4.69) is 9.37 Å². The Morgan fingerprint density at radius 2 is 1.75 bits per heavy atom. The van der Waals surface area contributed by atoms with Crippen molar-refractivity contribution >= 4 is 12.0 Å². The number of hydrogen-bond donors (Lipinski definition) is 0. The molecule has 0 aromatic heterocycles. The van der Waals surface area contributed by atoms with Gasteiger partial charge in [-0.05, 0) is 41.5 Å². The second-order valence-electron chi connectivity index (χ2n) is 5.01. The molecule has 0 bridgehead atoms. The lowest BCUT2D eigenvalue weighted by atomic mass is 9.84. The molecule has 1 saturated carbocycles. The topological polar surface area (TPSA) is 27.7 Å². The number of halogens is 2. The molecule has 1 aliphatic carbocycles. The largest absolute Gasteiger partial charge is 0.318 e. The van der Waals surface area contributed by atoms with Crippen molar-refractivity contribution in [3.05, 3.63) is 29.8 Å². The van der Waals surface area contributed by atoms with Crippen LogP contribution in [0.5, 0.6) is 5.75 Å². The number of rotatable bonds is 6. The summed E-state index contributed by atoms with van der Waals surface area (Å²) in [5.41, 5.74) is 1.28. The van der Waals surface area contributed by atoms with E-state index in [4.69, 9.17) is 4.89 Å². The fourth-order valence-electron chi connectivity index (χ4n) is 2.36. The monoisotopic (exact) mass is 304 g/mol. The molecule has 1 aromatic rings. The first-order valence-corrected chi connectivity index (χ1v) is 7.45. The highest BCUT2D eigenvalue weighted by Gasteiger charge is 2.24. The van der Waals surface area contributed by atoms with Crippen molar-refractivity contribution in [1.29, 1.82) is 0 Å². The van der Waals surface area contributed by atoms with Crippen LogP contribution in [0.4, 0.5) is 8.78 Å². The molecule has 0 amide bonds. The molecule has 2 rings (SSSR count). The van der Waals surface area contributed by atoms with Crippen molar-refractivity contribution in [3.8, 4) is 5.75 Å². The Labute approximate surface area is 121 Å². The molecular formula is C14H18F2O3S. The van der Waals surface area contributed by atoms with E-state index in [1.807, 2.05) is 12.1 Å². The Morgan fingerprint density at radius 1 is 1.10 bits per heavy atom. The molecular weight excluding hydrogens is 286 g/mol. The lowest BCUT2D eigenvalue weighted by Gasteiger charge is -2.21. The molecule has 0 radical (unpaired) electrons. The molecule has 20 heavy (non-hydrogen) atoms. The van der Waals surface area contributed by atoms with Crippen LogP contribution in [0.15, 0.2) is 24.3 Å². The number of alkyl halides is 2. The average Bonchev–Trinajstić information content (AvgIpc) is 2.44. The number of hydrogen-bond acceptors (Lipinski definition) is 4. The van der Waals surface area contributed by atoms with Crippen LogP contribution in [-0.4, -0.2) is 5.25 Å². The maximum Gasteiger partial charge on any atom is 0.318 e. The molecule has 1 aromatic carbocycles. The summed E-state index contributed by atoms with van der Waals surface area (Å²) in [7, 11) is 0. The zero-order valence-electron chi connectivity index (χ0n) is 11.3. The van der Waals surface area contributed by atoms with Gasteiger partial charge < -0.3 is 4.89 Å². The SMILES string of the molecule is CC(F)(F)SOOOc1ccc(C2CCCCC2)cc1. The van der Waals surface area contributed by atoms with Crippen molar-refractivity contribution in [1.82, 2.24) is 0 Å². The minimum atomic E-state index is -3.02. The highest BCUT2D eigenvalue weighted by molar-refractivity contribution is 7.95. The summed E-state index contributed by atoms with van der Waals surface area (Å²) in [5, 5.41) is 1.24. The second kappa shape index (κ2) is 7.24. The van der Waals surface area contributed by atoms with E-state index in [-0.39, 0.29) is 12.0 Å². The van der Waals surface area contributed by atoms with E-state index in [0.29, 0.717) is 18.6 Å². The quantitative estimate of drug-likeness (QED) is 0.311. The van der Waals surface area contributed by atoms with Crippen LogP contribution in [0, 0.1) is 0 Å². The summed E-state index contributed by atoms with van der Waals surface area (Å²) < 4.78 is 29.0. The fourth-order valence-corrected chi connectivity index (χ4v) is 2.53. The van der Waals surface area contributed by atoms with Gasteiger partial charge in [0.1, 0.15) is 12.0 Å². The van der Waals surface area contributed by atoms with Gasteiger partial charge in [-0.1, -0.05) is 31.4 Å². The Bertz CT molecular complexity index is 400. The minimum Gasteiger partial charge on any atom is -0.307 e. The van der Waals surface area contributed by atoms with Crippen molar-refractivity contribution in [2.45, 2.75) is 50.2 Å². The first-order valence-electron chi connectivity index (χ1n) is 6.71. The van der Waals surface area contributed by atoms with Crippen molar-refractivity contribution in [3.63, 3.8) is 0 Å². The van der Waals surface area contributed by atoms with Gasteiger partial charge >= 0.3 is 5.25 Å². The minimum absolute atomic E-state index is 0.102. The summed E-state index contributed by atoms with van der Waals surface area (Å²) in [6, 6.07) is 7.47. The highest BCUT2D eigenvalue weighted by Crippen LogP contribution is 2.33. The third-order valence-electron chi connectivity index (χ3n) is 3.30. The molecule has 3 nitrogen and oxygen atoms in total. The van der Waals surface area contributed by atoms with Gasteiger partial charge in [-0.3, -0.25) is 0 Å². The van der Waals surface area contributed by atoms with Crippen LogP contribution in [0.2, 0.25) is 0 Å². The first-order chi connectivity index (χ1) is 9.54. The van der Waals surface area contributed by atoms with Crippen LogP contribution in [-0.2, 0) is 9.37 Å². The van der Waals surface area contributed by atoms with Crippen LogP contribution in [0.1, 0.15) is 50.5 Å². The van der Waals surface area contributed by atoms with E-state index >= 15 is 0 Å². The van der Waals surface area contributed by atoms with E-state index in [1.54, 1.807) is 12.1 Å². The molecule has 0 aliphatic heterocycles. The highest BCUT2D eigenvalue weighted by atomic mass is 32.2. The van der Waals surface area contributed by atoms with Gasteiger partial charge in [0, 0.05) is 6.92 Å². The van der Waals surface area contributed by atoms with Crippen molar-refractivity contribution in [2.75, 3.05) is 0 Å². The van der Waals surface area contributed by atoms with E-state index in [0.717, 1.165) is 0 Å². The summed E-state index contributed by atoms with van der Waals surface area (Å²) in [4.78, 5) is 4.77. The molecule has 0 spiro atoms. The van der Waals surface area contributed by atoms with Crippen LogP contribution >= 0.6 is 12.0 Å². The zero-order chi connectivity index (χ0) is 14.4. The molecule has 0 saturated heterocycles. The molecule has 1 aliphatic rings. The molecule has 0 unspecified atom stereocenters. The zero-order valence-corrected chi connectivity index (χ0v) is 12.1. The van der Waals surface area contributed by atoms with E-state index < -0.39 is 5.25 Å². The Morgan fingerprint density at radius 3 is 2.35 bits per heavy atom. The van der Waals surface area contributed by atoms with Gasteiger partial charge in [-0.15, -0.1) is 4.33 Å². The molecule has 0 heterocycles. The fraction of sp³-hybridized carbons (Fsp3) is 0.571. The van der Waals surface area contributed by atoms with Gasteiger partial charge in [0.25, 0.3) is 0 Å². The summed E-state index contributed by atoms with van der Waals surface area (Å²) >= 11 is -0.102. The van der Waals surface area contributed by atoms with Gasteiger partial charge in [-0.2, -0.15) is 8.78 Å². The molecule has 0 atom stereocenters. The van der Waals surface area contributed by atoms with Crippen LogP contribution in [0.25, 0.3) is 0 Å².